The van der Waals surface area contributed by atoms with Crippen LogP contribution in [-0.2, 0) is 4.79 Å². The van der Waals surface area contributed by atoms with E-state index in [4.69, 9.17) is 4.74 Å². The Kier molecular flexibility index (Phi) is 4.65. The molecule has 0 aromatic carbocycles. The van der Waals surface area contributed by atoms with Gasteiger partial charge in [0, 0.05) is 6.54 Å². The number of methoxy groups -OCH3 is 1. The van der Waals surface area contributed by atoms with Gasteiger partial charge in [0.15, 0.2) is 0 Å². The first-order valence-electron chi connectivity index (χ1n) is 6.72. The van der Waals surface area contributed by atoms with E-state index in [-0.39, 0.29) is 12.5 Å². The second-order valence-corrected chi connectivity index (χ2v) is 6.06. The van der Waals surface area contributed by atoms with Gasteiger partial charge in [-0.2, -0.15) is 0 Å². The quantitative estimate of drug-likeness (QED) is 0.875. The number of carbonyl (C=O) groups excluding carboxylic acids is 1. The number of nitrogens with one attached hydrogen (secondary N) is 1. The molecule has 1 amide bonds. The topological polar surface area (TPSA) is 75.6 Å². The summed E-state index contributed by atoms with van der Waals surface area (Å²) in [6.45, 7) is 0.183. The molecule has 0 aliphatic heterocycles. The Morgan fingerprint density at radius 1 is 1.40 bits per heavy atom. The second-order valence-electron chi connectivity index (χ2n) is 5.15. The van der Waals surface area contributed by atoms with Crippen LogP contribution in [0, 0.1) is 5.41 Å². The average Bonchev–Trinajstić information content (AvgIpc) is 2.94. The predicted molar refractivity (Wildman–Crippen MR) is 76.4 cm³/mol. The number of rotatable bonds is 5. The van der Waals surface area contributed by atoms with Gasteiger partial charge in [0.25, 0.3) is 5.91 Å². The Labute approximate surface area is 121 Å². The van der Waals surface area contributed by atoms with Crippen molar-refractivity contribution >= 4 is 23.2 Å². The minimum Gasteiger partial charge on any atom is -0.495 e. The molecule has 1 aliphatic rings. The Morgan fingerprint density at radius 2 is 2.10 bits per heavy atom. The third kappa shape index (κ3) is 2.95. The lowest BCUT2D eigenvalue weighted by atomic mass is 9.74. The van der Waals surface area contributed by atoms with Crippen LogP contribution in [0.5, 0.6) is 5.75 Å². The van der Waals surface area contributed by atoms with E-state index < -0.39 is 11.4 Å². The van der Waals surface area contributed by atoms with E-state index in [2.05, 4.69) is 5.32 Å². The third-order valence-electron chi connectivity index (χ3n) is 3.91. The smallest absolute Gasteiger partial charge is 0.311 e. The monoisotopic (exact) mass is 297 g/mol. The van der Waals surface area contributed by atoms with Crippen molar-refractivity contribution in [3.8, 4) is 5.75 Å². The van der Waals surface area contributed by atoms with E-state index in [9.17, 15) is 14.7 Å². The molecule has 1 aromatic heterocycles. The van der Waals surface area contributed by atoms with Crippen LogP contribution >= 0.6 is 11.3 Å². The number of thiophene rings is 1. The zero-order valence-electron chi connectivity index (χ0n) is 11.5. The normalized spacial score (nSPS) is 17.4. The van der Waals surface area contributed by atoms with Crippen LogP contribution in [0.3, 0.4) is 0 Å². The molecule has 1 heterocycles. The van der Waals surface area contributed by atoms with Gasteiger partial charge in [0.05, 0.1) is 12.5 Å². The van der Waals surface area contributed by atoms with Gasteiger partial charge in [-0.25, -0.2) is 0 Å². The molecule has 6 heteroatoms. The molecule has 0 atom stereocenters. The van der Waals surface area contributed by atoms with E-state index in [0.29, 0.717) is 23.5 Å². The minimum absolute atomic E-state index is 0.183. The largest absolute Gasteiger partial charge is 0.495 e. The Hall–Kier alpha value is -1.56. The van der Waals surface area contributed by atoms with Crippen LogP contribution in [0.1, 0.15) is 41.8 Å². The van der Waals surface area contributed by atoms with Crippen LogP contribution < -0.4 is 10.1 Å². The molecule has 1 fully saturated rings. The number of carbonyl (C=O) groups is 2. The molecular weight excluding hydrogens is 278 g/mol. The van der Waals surface area contributed by atoms with E-state index in [1.54, 1.807) is 11.4 Å². The maximum atomic E-state index is 12.1. The molecule has 1 saturated carbocycles. The molecule has 0 saturated heterocycles. The first-order valence-corrected chi connectivity index (χ1v) is 7.60. The van der Waals surface area contributed by atoms with Gasteiger partial charge in [0.2, 0.25) is 0 Å². The molecule has 2 N–H and O–H groups in total. The van der Waals surface area contributed by atoms with Crippen LogP contribution in [0.25, 0.3) is 0 Å². The van der Waals surface area contributed by atoms with E-state index in [1.165, 1.54) is 18.4 Å². The van der Waals surface area contributed by atoms with E-state index in [1.807, 2.05) is 0 Å². The fraction of sp³-hybridized carbons (Fsp3) is 0.571. The fourth-order valence-electron chi connectivity index (χ4n) is 2.65. The zero-order chi connectivity index (χ0) is 14.6. The molecule has 1 aromatic rings. The summed E-state index contributed by atoms with van der Waals surface area (Å²) in [6.07, 6.45) is 4.14. The highest BCUT2D eigenvalue weighted by Crippen LogP contribution is 2.36. The third-order valence-corrected chi connectivity index (χ3v) is 4.80. The van der Waals surface area contributed by atoms with Gasteiger partial charge in [-0.15, -0.1) is 11.3 Å². The van der Waals surface area contributed by atoms with Crippen molar-refractivity contribution in [2.24, 2.45) is 5.41 Å². The van der Waals surface area contributed by atoms with Gasteiger partial charge < -0.3 is 15.2 Å². The van der Waals surface area contributed by atoms with Crippen molar-refractivity contribution in [3.63, 3.8) is 0 Å². The van der Waals surface area contributed by atoms with Crippen LogP contribution in [0.2, 0.25) is 0 Å². The van der Waals surface area contributed by atoms with Crippen molar-refractivity contribution in [2.75, 3.05) is 13.7 Å². The molecule has 1 aliphatic carbocycles. The molecule has 20 heavy (non-hydrogen) atoms. The van der Waals surface area contributed by atoms with Crippen LogP contribution in [0.4, 0.5) is 0 Å². The first kappa shape index (κ1) is 14.8. The van der Waals surface area contributed by atoms with Crippen molar-refractivity contribution in [1.82, 2.24) is 5.32 Å². The first-order chi connectivity index (χ1) is 9.59. The number of aliphatic carboxylic acids is 1. The van der Waals surface area contributed by atoms with Crippen LogP contribution in [0.15, 0.2) is 11.4 Å². The standard InChI is InChI=1S/C14H19NO4S/c1-19-10-5-8-20-11(10)12(16)15-9-14(13(17)18)6-3-2-4-7-14/h5,8H,2-4,6-7,9H2,1H3,(H,15,16)(H,17,18). The highest BCUT2D eigenvalue weighted by atomic mass is 32.1. The SMILES string of the molecule is COc1ccsc1C(=O)NCC1(C(=O)O)CCCCC1. The lowest BCUT2D eigenvalue weighted by Gasteiger charge is -2.33. The predicted octanol–water partition coefficient (Wildman–Crippen LogP) is 2.52. The summed E-state index contributed by atoms with van der Waals surface area (Å²) in [4.78, 5) is 24.1. The molecular formula is C14H19NO4S. The lowest BCUT2D eigenvalue weighted by Crippen LogP contribution is -2.44. The molecule has 0 spiro atoms. The van der Waals surface area contributed by atoms with Gasteiger partial charge in [0.1, 0.15) is 10.6 Å². The summed E-state index contributed by atoms with van der Waals surface area (Å²) in [5.74, 6) is -0.542. The Balaban J connectivity index is 2.03. The van der Waals surface area contributed by atoms with Crippen LogP contribution in [-0.4, -0.2) is 30.6 Å². The Morgan fingerprint density at radius 3 is 2.70 bits per heavy atom. The number of hydrogen-bond donors (Lipinski definition) is 2. The van der Waals surface area contributed by atoms with Gasteiger partial charge in [-0.1, -0.05) is 19.3 Å². The van der Waals surface area contributed by atoms with Crippen molar-refractivity contribution in [3.05, 3.63) is 16.3 Å². The summed E-state index contributed by atoms with van der Waals surface area (Å²) >= 11 is 1.29. The van der Waals surface area contributed by atoms with E-state index >= 15 is 0 Å². The molecule has 0 radical (unpaired) electrons. The number of ether oxygens (including phenoxy) is 1. The summed E-state index contributed by atoms with van der Waals surface area (Å²) in [5.41, 5.74) is -0.807. The molecule has 110 valence electrons. The number of carboxylic acid groups (broad SMARTS) is 1. The maximum Gasteiger partial charge on any atom is 0.311 e. The number of amides is 1. The zero-order valence-corrected chi connectivity index (χ0v) is 12.3. The number of carboxylic acids is 1. The van der Waals surface area contributed by atoms with Gasteiger partial charge >= 0.3 is 5.97 Å². The maximum absolute atomic E-state index is 12.1. The molecule has 2 rings (SSSR count). The lowest BCUT2D eigenvalue weighted by molar-refractivity contribution is -0.150. The molecule has 0 unspecified atom stereocenters. The van der Waals surface area contributed by atoms with Crippen molar-refractivity contribution in [2.45, 2.75) is 32.1 Å². The van der Waals surface area contributed by atoms with Gasteiger partial charge in [-0.3, -0.25) is 9.59 Å². The summed E-state index contributed by atoms with van der Waals surface area (Å²) in [6, 6.07) is 1.73. The fourth-order valence-corrected chi connectivity index (χ4v) is 3.42. The second kappa shape index (κ2) is 6.26. The highest BCUT2D eigenvalue weighted by molar-refractivity contribution is 7.12. The summed E-state index contributed by atoms with van der Waals surface area (Å²) in [7, 11) is 1.51. The minimum atomic E-state index is -0.810. The Bertz CT molecular complexity index is 491. The van der Waals surface area contributed by atoms with Crippen molar-refractivity contribution < 1.29 is 19.4 Å². The van der Waals surface area contributed by atoms with Crippen molar-refractivity contribution in [1.29, 1.82) is 0 Å². The molecule has 5 nitrogen and oxygen atoms in total. The average molecular weight is 297 g/mol. The highest BCUT2D eigenvalue weighted by Gasteiger charge is 2.40. The number of hydrogen-bond acceptors (Lipinski definition) is 4. The van der Waals surface area contributed by atoms with Gasteiger partial charge in [-0.05, 0) is 24.3 Å². The molecule has 0 bridgehead atoms. The summed E-state index contributed by atoms with van der Waals surface area (Å²) in [5, 5.41) is 14.0. The summed E-state index contributed by atoms with van der Waals surface area (Å²) < 4.78 is 5.10. The van der Waals surface area contributed by atoms with E-state index in [0.717, 1.165) is 19.3 Å².